The van der Waals surface area contributed by atoms with Crippen molar-refractivity contribution in [3.05, 3.63) is 22.7 Å². The molecule has 0 spiro atoms. The molecule has 0 saturated heterocycles. The minimum Gasteiger partial charge on any atom is -0.506 e. The van der Waals surface area contributed by atoms with Gasteiger partial charge in [-0.15, -0.1) is 0 Å². The van der Waals surface area contributed by atoms with Gasteiger partial charge in [0.15, 0.2) is 0 Å². The molecule has 0 radical (unpaired) electrons. The molecule has 13 heavy (non-hydrogen) atoms. The second kappa shape index (κ2) is 3.53. The minimum absolute atomic E-state index is 0.101. The monoisotopic (exact) mass is 201 g/mol. The van der Waals surface area contributed by atoms with E-state index in [4.69, 9.17) is 17.3 Å². The second-order valence-corrected chi connectivity index (χ2v) is 2.79. The third kappa shape index (κ3) is 1.84. The number of carbonyl (C=O) groups excluding carboxylic acids is 1. The number of benzene rings is 1. The number of hydrogen-bond donors (Lipinski definition) is 2. The first-order valence-corrected chi connectivity index (χ1v) is 3.80. The SMILES string of the molecule is COC(=O)c1cc(O)c(Cl)cc1N. The molecule has 0 aromatic heterocycles. The van der Waals surface area contributed by atoms with Crippen molar-refractivity contribution in [2.24, 2.45) is 0 Å². The molecule has 0 unspecified atom stereocenters. The van der Waals surface area contributed by atoms with Crippen molar-refractivity contribution in [1.29, 1.82) is 0 Å². The van der Waals surface area contributed by atoms with Gasteiger partial charge in [-0.1, -0.05) is 11.6 Å². The zero-order chi connectivity index (χ0) is 10.0. The molecule has 0 bridgehead atoms. The molecule has 0 fully saturated rings. The van der Waals surface area contributed by atoms with Crippen LogP contribution in [-0.2, 0) is 4.74 Å². The van der Waals surface area contributed by atoms with Crippen LogP contribution in [0.3, 0.4) is 0 Å². The van der Waals surface area contributed by atoms with Gasteiger partial charge in [-0.05, 0) is 12.1 Å². The van der Waals surface area contributed by atoms with E-state index in [1.54, 1.807) is 0 Å². The maximum atomic E-state index is 11.0. The van der Waals surface area contributed by atoms with Crippen LogP contribution in [0.5, 0.6) is 5.75 Å². The number of methoxy groups -OCH3 is 1. The molecule has 1 aromatic rings. The maximum Gasteiger partial charge on any atom is 0.340 e. The Balaban J connectivity index is 3.23. The number of nitrogen functional groups attached to an aromatic ring is 1. The van der Waals surface area contributed by atoms with Gasteiger partial charge in [0.2, 0.25) is 0 Å². The second-order valence-electron chi connectivity index (χ2n) is 2.38. The van der Waals surface area contributed by atoms with E-state index in [9.17, 15) is 9.90 Å². The predicted molar refractivity (Wildman–Crippen MR) is 48.9 cm³/mol. The quantitative estimate of drug-likeness (QED) is 0.409. The number of rotatable bonds is 1. The third-order valence-electron chi connectivity index (χ3n) is 1.52. The van der Waals surface area contributed by atoms with Gasteiger partial charge in [0.05, 0.1) is 17.7 Å². The summed E-state index contributed by atoms with van der Waals surface area (Å²) >= 11 is 5.55. The number of aromatic hydroxyl groups is 1. The van der Waals surface area contributed by atoms with Gasteiger partial charge in [0.1, 0.15) is 5.75 Å². The Morgan fingerprint density at radius 3 is 2.77 bits per heavy atom. The van der Waals surface area contributed by atoms with Crippen molar-refractivity contribution in [2.45, 2.75) is 0 Å². The largest absolute Gasteiger partial charge is 0.506 e. The van der Waals surface area contributed by atoms with Crippen LogP contribution in [0.4, 0.5) is 5.69 Å². The number of ether oxygens (including phenoxy) is 1. The number of phenols is 1. The Labute approximate surface area is 79.9 Å². The zero-order valence-corrected chi connectivity index (χ0v) is 7.63. The van der Waals surface area contributed by atoms with Crippen LogP contribution in [-0.4, -0.2) is 18.2 Å². The summed E-state index contributed by atoms with van der Waals surface area (Å²) in [6.45, 7) is 0. The van der Waals surface area contributed by atoms with E-state index in [1.807, 2.05) is 0 Å². The summed E-state index contributed by atoms with van der Waals surface area (Å²) in [4.78, 5) is 11.0. The van der Waals surface area contributed by atoms with Gasteiger partial charge in [0.25, 0.3) is 0 Å². The van der Waals surface area contributed by atoms with Crippen LogP contribution in [0.2, 0.25) is 5.02 Å². The Bertz CT molecular complexity index is 351. The summed E-state index contributed by atoms with van der Waals surface area (Å²) in [5, 5.41) is 9.28. The number of nitrogens with two attached hydrogens (primary N) is 1. The molecule has 0 amide bonds. The van der Waals surface area contributed by atoms with E-state index in [1.165, 1.54) is 19.2 Å². The zero-order valence-electron chi connectivity index (χ0n) is 6.87. The van der Waals surface area contributed by atoms with Crippen LogP contribution >= 0.6 is 11.6 Å². The Hall–Kier alpha value is -1.42. The lowest BCUT2D eigenvalue weighted by atomic mass is 10.2. The molecule has 0 atom stereocenters. The molecule has 0 heterocycles. The number of phenolic OH excluding ortho intramolecular Hbond substituents is 1. The molecule has 0 aliphatic heterocycles. The topological polar surface area (TPSA) is 72.5 Å². The lowest BCUT2D eigenvalue weighted by Gasteiger charge is -2.05. The van der Waals surface area contributed by atoms with E-state index in [-0.39, 0.29) is 22.0 Å². The standard InChI is InChI=1S/C8H8ClNO3/c1-13-8(12)4-2-7(11)5(9)3-6(4)10/h2-3,11H,10H2,1H3. The lowest BCUT2D eigenvalue weighted by Crippen LogP contribution is -2.05. The summed E-state index contributed by atoms with van der Waals surface area (Å²) in [6.07, 6.45) is 0. The summed E-state index contributed by atoms with van der Waals surface area (Å²) in [5.74, 6) is -0.805. The fourth-order valence-corrected chi connectivity index (χ4v) is 1.04. The van der Waals surface area contributed by atoms with Gasteiger partial charge in [-0.3, -0.25) is 0 Å². The summed E-state index contributed by atoms with van der Waals surface area (Å²) < 4.78 is 4.44. The highest BCUT2D eigenvalue weighted by Crippen LogP contribution is 2.28. The van der Waals surface area contributed by atoms with E-state index >= 15 is 0 Å². The van der Waals surface area contributed by atoms with Crippen LogP contribution < -0.4 is 5.73 Å². The minimum atomic E-state index is -0.607. The molecule has 3 N–H and O–H groups in total. The fraction of sp³-hybridized carbons (Fsp3) is 0.125. The number of halogens is 1. The first-order valence-electron chi connectivity index (χ1n) is 3.42. The molecule has 0 aliphatic rings. The van der Waals surface area contributed by atoms with Crippen molar-refractivity contribution >= 4 is 23.3 Å². The highest BCUT2D eigenvalue weighted by atomic mass is 35.5. The van der Waals surface area contributed by atoms with Crippen LogP contribution in [0.25, 0.3) is 0 Å². The van der Waals surface area contributed by atoms with Crippen LogP contribution in [0, 0.1) is 0 Å². The summed E-state index contributed by atoms with van der Waals surface area (Å²) in [6, 6.07) is 2.46. The van der Waals surface area contributed by atoms with Crippen LogP contribution in [0.15, 0.2) is 12.1 Å². The molecule has 70 valence electrons. The van der Waals surface area contributed by atoms with Crippen molar-refractivity contribution in [3.8, 4) is 5.75 Å². The molecule has 1 rings (SSSR count). The van der Waals surface area contributed by atoms with Crippen molar-refractivity contribution in [2.75, 3.05) is 12.8 Å². The van der Waals surface area contributed by atoms with E-state index in [0.717, 1.165) is 0 Å². The smallest absolute Gasteiger partial charge is 0.340 e. The molecule has 0 saturated carbocycles. The Morgan fingerprint density at radius 2 is 2.23 bits per heavy atom. The van der Waals surface area contributed by atoms with E-state index in [2.05, 4.69) is 4.74 Å². The third-order valence-corrected chi connectivity index (χ3v) is 1.83. The number of carbonyl (C=O) groups is 1. The van der Waals surface area contributed by atoms with Gasteiger partial charge in [-0.25, -0.2) is 4.79 Å². The normalized spacial score (nSPS) is 9.69. The molecule has 4 nitrogen and oxygen atoms in total. The number of hydrogen-bond acceptors (Lipinski definition) is 4. The molecular formula is C8H8ClNO3. The average molecular weight is 202 g/mol. The average Bonchev–Trinajstić information content (AvgIpc) is 2.10. The van der Waals surface area contributed by atoms with Crippen molar-refractivity contribution in [3.63, 3.8) is 0 Å². The van der Waals surface area contributed by atoms with Crippen molar-refractivity contribution in [1.82, 2.24) is 0 Å². The van der Waals surface area contributed by atoms with Gasteiger partial charge < -0.3 is 15.6 Å². The summed E-state index contributed by atoms with van der Waals surface area (Å²) in [7, 11) is 1.23. The van der Waals surface area contributed by atoms with Crippen LogP contribution in [0.1, 0.15) is 10.4 Å². The predicted octanol–water partition coefficient (Wildman–Crippen LogP) is 1.41. The molecule has 5 heteroatoms. The Kier molecular flexibility index (Phi) is 2.63. The first kappa shape index (κ1) is 9.67. The fourth-order valence-electron chi connectivity index (χ4n) is 0.864. The maximum absolute atomic E-state index is 11.0. The van der Waals surface area contributed by atoms with Gasteiger partial charge in [0, 0.05) is 5.69 Å². The number of anilines is 1. The first-order chi connectivity index (χ1) is 6.06. The van der Waals surface area contributed by atoms with Crippen molar-refractivity contribution < 1.29 is 14.6 Å². The van der Waals surface area contributed by atoms with Gasteiger partial charge in [-0.2, -0.15) is 0 Å². The lowest BCUT2D eigenvalue weighted by molar-refractivity contribution is 0.0601. The molecular weight excluding hydrogens is 194 g/mol. The highest BCUT2D eigenvalue weighted by molar-refractivity contribution is 6.32. The molecule has 1 aromatic carbocycles. The Morgan fingerprint density at radius 1 is 1.62 bits per heavy atom. The molecule has 0 aliphatic carbocycles. The summed E-state index contributed by atoms with van der Waals surface area (Å²) in [5.41, 5.74) is 5.75. The highest BCUT2D eigenvalue weighted by Gasteiger charge is 2.12. The van der Waals surface area contributed by atoms with E-state index < -0.39 is 5.97 Å². The van der Waals surface area contributed by atoms with E-state index in [0.29, 0.717) is 0 Å². The van der Waals surface area contributed by atoms with Gasteiger partial charge >= 0.3 is 5.97 Å². The number of esters is 1.